The van der Waals surface area contributed by atoms with Gasteiger partial charge in [0.1, 0.15) is 11.8 Å². The highest BCUT2D eigenvalue weighted by molar-refractivity contribution is 5.26. The van der Waals surface area contributed by atoms with Crippen LogP contribution in [0.25, 0.3) is 0 Å². The third-order valence-corrected chi connectivity index (χ3v) is 2.25. The summed E-state index contributed by atoms with van der Waals surface area (Å²) in [6, 6.07) is 7.50. The Kier molecular flexibility index (Phi) is 2.80. The number of hydrogen-bond acceptors (Lipinski definition) is 4. The molecule has 0 aliphatic heterocycles. The predicted molar refractivity (Wildman–Crippen MR) is 56.8 cm³/mol. The molecule has 3 N–H and O–H groups in total. The summed E-state index contributed by atoms with van der Waals surface area (Å²) in [5.41, 5.74) is 4.73. The number of hydrogen-bond donors (Lipinski definition) is 2. The van der Waals surface area contributed by atoms with Crippen LogP contribution >= 0.6 is 0 Å². The smallest absolute Gasteiger partial charge is 0.126 e. The van der Waals surface area contributed by atoms with Gasteiger partial charge in [-0.25, -0.2) is 5.43 Å². The number of nitrogens with two attached hydrogens (primary N) is 1. The van der Waals surface area contributed by atoms with E-state index in [0.29, 0.717) is 0 Å². The van der Waals surface area contributed by atoms with E-state index in [9.17, 15) is 0 Å². The molecule has 0 aliphatic carbocycles. The molecule has 2 aromatic rings. The molecule has 15 heavy (non-hydrogen) atoms. The molecule has 4 heteroatoms. The highest BCUT2D eigenvalue weighted by Gasteiger charge is 2.14. The normalized spacial score (nSPS) is 12.7. The first-order chi connectivity index (χ1) is 7.31. The summed E-state index contributed by atoms with van der Waals surface area (Å²) in [6.07, 6.45) is 3.39. The van der Waals surface area contributed by atoms with Gasteiger partial charge in [-0.15, -0.1) is 0 Å². The largest absolute Gasteiger partial charge is 0.467 e. The van der Waals surface area contributed by atoms with Crippen LogP contribution in [0.4, 0.5) is 0 Å². The lowest BCUT2D eigenvalue weighted by atomic mass is 10.1. The molecule has 0 bridgehead atoms. The van der Waals surface area contributed by atoms with Crippen LogP contribution in [-0.2, 0) is 0 Å². The van der Waals surface area contributed by atoms with Gasteiger partial charge in [0.2, 0.25) is 0 Å². The topological polar surface area (TPSA) is 64.1 Å². The van der Waals surface area contributed by atoms with Gasteiger partial charge in [-0.1, -0.05) is 0 Å². The van der Waals surface area contributed by atoms with Crippen LogP contribution in [-0.4, -0.2) is 4.98 Å². The molecule has 0 saturated carbocycles. The van der Waals surface area contributed by atoms with Gasteiger partial charge in [-0.3, -0.25) is 10.8 Å². The lowest BCUT2D eigenvalue weighted by molar-refractivity contribution is 0.452. The lowest BCUT2D eigenvalue weighted by Gasteiger charge is -2.13. The third kappa shape index (κ3) is 2.06. The van der Waals surface area contributed by atoms with Crippen LogP contribution in [0, 0.1) is 6.92 Å². The summed E-state index contributed by atoms with van der Waals surface area (Å²) in [4.78, 5) is 4.14. The highest BCUT2D eigenvalue weighted by Crippen LogP contribution is 2.21. The molecule has 0 aliphatic rings. The van der Waals surface area contributed by atoms with Crippen molar-refractivity contribution in [3.05, 3.63) is 53.7 Å². The third-order valence-electron chi connectivity index (χ3n) is 2.25. The van der Waals surface area contributed by atoms with Crippen LogP contribution < -0.4 is 11.3 Å². The van der Waals surface area contributed by atoms with E-state index in [2.05, 4.69) is 10.4 Å². The van der Waals surface area contributed by atoms with Crippen molar-refractivity contribution < 1.29 is 4.42 Å². The Morgan fingerprint density at radius 3 is 2.93 bits per heavy atom. The van der Waals surface area contributed by atoms with Crippen LogP contribution in [0.1, 0.15) is 23.1 Å². The maximum Gasteiger partial charge on any atom is 0.126 e. The molecule has 2 heterocycles. The fourth-order valence-corrected chi connectivity index (χ4v) is 1.55. The number of rotatable bonds is 3. The van der Waals surface area contributed by atoms with Gasteiger partial charge < -0.3 is 4.42 Å². The fraction of sp³-hybridized carbons (Fsp3) is 0.182. The zero-order valence-corrected chi connectivity index (χ0v) is 8.47. The van der Waals surface area contributed by atoms with Gasteiger partial charge in [-0.05, 0) is 36.8 Å². The minimum absolute atomic E-state index is 0.123. The van der Waals surface area contributed by atoms with Crippen LogP contribution in [0.5, 0.6) is 0 Å². The number of aromatic nitrogens is 1. The van der Waals surface area contributed by atoms with E-state index in [1.807, 2.05) is 31.2 Å². The Balaban J connectivity index is 2.35. The Bertz CT molecular complexity index is 425. The average molecular weight is 203 g/mol. The number of nitrogens with one attached hydrogen (secondary N) is 1. The second kappa shape index (κ2) is 4.25. The van der Waals surface area contributed by atoms with Crippen LogP contribution in [0.3, 0.4) is 0 Å². The van der Waals surface area contributed by atoms with E-state index in [0.717, 1.165) is 17.0 Å². The van der Waals surface area contributed by atoms with Crippen molar-refractivity contribution in [3.63, 3.8) is 0 Å². The number of nitrogens with zero attached hydrogens (tertiary/aromatic N) is 1. The minimum atomic E-state index is -0.123. The van der Waals surface area contributed by atoms with E-state index in [4.69, 9.17) is 10.3 Å². The summed E-state index contributed by atoms with van der Waals surface area (Å²) in [5.74, 6) is 6.31. The number of aryl methyl sites for hydroxylation is 1. The lowest BCUT2D eigenvalue weighted by Crippen LogP contribution is -2.28. The van der Waals surface area contributed by atoms with E-state index in [1.165, 1.54) is 0 Å². The molecule has 0 spiro atoms. The Morgan fingerprint density at radius 1 is 1.47 bits per heavy atom. The van der Waals surface area contributed by atoms with Crippen molar-refractivity contribution in [2.75, 3.05) is 0 Å². The van der Waals surface area contributed by atoms with Crippen molar-refractivity contribution in [2.24, 2.45) is 5.84 Å². The van der Waals surface area contributed by atoms with Gasteiger partial charge >= 0.3 is 0 Å². The first kappa shape index (κ1) is 9.89. The Labute approximate surface area is 88.1 Å². The standard InChI is InChI=1S/C11H13N3O/c1-8-7-9(4-5-13-8)11(14-12)10-3-2-6-15-10/h2-7,11,14H,12H2,1H3. The highest BCUT2D eigenvalue weighted by atomic mass is 16.3. The summed E-state index contributed by atoms with van der Waals surface area (Å²) >= 11 is 0. The van der Waals surface area contributed by atoms with E-state index in [-0.39, 0.29) is 6.04 Å². The molecule has 1 unspecified atom stereocenters. The van der Waals surface area contributed by atoms with Crippen molar-refractivity contribution in [1.29, 1.82) is 0 Å². The van der Waals surface area contributed by atoms with Gasteiger partial charge in [0, 0.05) is 11.9 Å². The second-order valence-electron chi connectivity index (χ2n) is 3.35. The van der Waals surface area contributed by atoms with Gasteiger partial charge in [0.15, 0.2) is 0 Å². The van der Waals surface area contributed by atoms with Gasteiger partial charge in [0.05, 0.1) is 6.26 Å². The minimum Gasteiger partial charge on any atom is -0.467 e. The fourth-order valence-electron chi connectivity index (χ4n) is 1.55. The molecular formula is C11H13N3O. The maximum absolute atomic E-state index is 5.52. The molecule has 0 radical (unpaired) electrons. The first-order valence-electron chi connectivity index (χ1n) is 4.73. The van der Waals surface area contributed by atoms with Gasteiger partial charge in [0.25, 0.3) is 0 Å². The molecule has 4 nitrogen and oxygen atoms in total. The van der Waals surface area contributed by atoms with Crippen molar-refractivity contribution in [1.82, 2.24) is 10.4 Å². The van der Waals surface area contributed by atoms with Crippen LogP contribution in [0.2, 0.25) is 0 Å². The number of furan rings is 1. The molecule has 2 rings (SSSR count). The molecule has 1 atom stereocenters. The summed E-state index contributed by atoms with van der Waals surface area (Å²) in [6.45, 7) is 1.94. The SMILES string of the molecule is Cc1cc(C(NN)c2ccco2)ccn1. The number of pyridine rings is 1. The Morgan fingerprint density at radius 2 is 2.33 bits per heavy atom. The summed E-state index contributed by atoms with van der Waals surface area (Å²) in [5, 5.41) is 0. The quantitative estimate of drug-likeness (QED) is 0.586. The predicted octanol–water partition coefficient (Wildman–Crippen LogP) is 1.54. The van der Waals surface area contributed by atoms with E-state index in [1.54, 1.807) is 12.5 Å². The molecule has 0 saturated heterocycles. The zero-order chi connectivity index (χ0) is 10.7. The monoisotopic (exact) mass is 203 g/mol. The Hall–Kier alpha value is -1.65. The second-order valence-corrected chi connectivity index (χ2v) is 3.35. The van der Waals surface area contributed by atoms with Gasteiger partial charge in [-0.2, -0.15) is 0 Å². The zero-order valence-electron chi connectivity index (χ0n) is 8.47. The molecular weight excluding hydrogens is 190 g/mol. The maximum atomic E-state index is 5.52. The molecule has 0 fully saturated rings. The average Bonchev–Trinajstić information content (AvgIpc) is 2.72. The molecule has 0 amide bonds. The summed E-state index contributed by atoms with van der Waals surface area (Å²) in [7, 11) is 0. The molecule has 0 aromatic carbocycles. The van der Waals surface area contributed by atoms with E-state index >= 15 is 0 Å². The van der Waals surface area contributed by atoms with Crippen molar-refractivity contribution in [2.45, 2.75) is 13.0 Å². The first-order valence-corrected chi connectivity index (χ1v) is 4.73. The molecule has 2 aromatic heterocycles. The number of hydrazine groups is 1. The molecule has 78 valence electrons. The summed E-state index contributed by atoms with van der Waals surface area (Å²) < 4.78 is 5.32. The van der Waals surface area contributed by atoms with Crippen LogP contribution in [0.15, 0.2) is 41.1 Å². The van der Waals surface area contributed by atoms with Crippen molar-refractivity contribution >= 4 is 0 Å². The van der Waals surface area contributed by atoms with Crippen molar-refractivity contribution in [3.8, 4) is 0 Å². The van der Waals surface area contributed by atoms with E-state index < -0.39 is 0 Å².